The van der Waals surface area contributed by atoms with Crippen LogP contribution >= 0.6 is 0 Å². The van der Waals surface area contributed by atoms with E-state index in [1.54, 1.807) is 0 Å². The van der Waals surface area contributed by atoms with Gasteiger partial charge in [0.25, 0.3) is 0 Å². The van der Waals surface area contributed by atoms with Crippen molar-refractivity contribution in [3.63, 3.8) is 0 Å². The van der Waals surface area contributed by atoms with Crippen LogP contribution in [0.15, 0.2) is 83.3 Å². The number of nitrogens with two attached hydrogens (primary N) is 1. The summed E-state index contributed by atoms with van der Waals surface area (Å²) < 4.78 is 14.4. The van der Waals surface area contributed by atoms with Gasteiger partial charge in [0.05, 0.1) is 29.7 Å². The maximum absolute atomic E-state index is 16.3. The highest BCUT2D eigenvalue weighted by atomic mass is 16.6. The first-order valence-electron chi connectivity index (χ1n) is 31.1. The lowest BCUT2D eigenvalue weighted by atomic mass is 9.30. The molecule has 14 aliphatic rings. The third kappa shape index (κ3) is 6.85. The largest absolute Gasteiger partial charge is 0.396 e. The second-order valence-corrected chi connectivity index (χ2v) is 29.7. The molecule has 3 heterocycles. The summed E-state index contributed by atoms with van der Waals surface area (Å²) in [6.07, 6.45) is 30.0. The predicted octanol–water partition coefficient (Wildman–Crippen LogP) is 9.27. The zero-order valence-electron chi connectivity index (χ0n) is 47.3. The molecule has 19 unspecified atom stereocenters. The van der Waals surface area contributed by atoms with Crippen LogP contribution < -0.4 is 11.1 Å². The molecule has 6 saturated carbocycles. The van der Waals surface area contributed by atoms with Gasteiger partial charge in [-0.2, -0.15) is 0 Å². The van der Waals surface area contributed by atoms with Crippen LogP contribution in [0.1, 0.15) is 161 Å². The smallest absolute Gasteiger partial charge is 0.160 e. The fourth-order valence-corrected chi connectivity index (χ4v) is 22.9. The number of aryl methyl sites for hydroxylation is 1. The molecular weight excluding hydrogens is 973 g/mol. The second-order valence-electron chi connectivity index (χ2n) is 29.7. The van der Waals surface area contributed by atoms with Crippen LogP contribution in [-0.4, -0.2) is 92.8 Å². The molecule has 4 spiro atoms. The van der Waals surface area contributed by atoms with E-state index in [9.17, 15) is 25.5 Å². The Kier molecular flexibility index (Phi) is 12.0. The summed E-state index contributed by atoms with van der Waals surface area (Å²) in [5, 5.41) is 66.2. The number of ketones is 1. The number of dihydropyridines is 1. The number of fused-ring (bicyclic) bond motifs is 5. The van der Waals surface area contributed by atoms with E-state index in [0.717, 1.165) is 62.5 Å². The Morgan fingerprint density at radius 3 is 2.53 bits per heavy atom. The lowest BCUT2D eigenvalue weighted by molar-refractivity contribution is -0.237. The molecule has 15 rings (SSSR count). The predicted molar refractivity (Wildman–Crippen MR) is 300 cm³/mol. The number of ether oxygens (including phenoxy) is 2. The molecular formula is C68H90N2O8. The lowest BCUT2D eigenvalue weighted by Crippen LogP contribution is -2.73. The topological polar surface area (TPSA) is 178 Å². The van der Waals surface area contributed by atoms with Crippen molar-refractivity contribution in [1.82, 2.24) is 5.32 Å². The normalized spacial score (nSPS) is 47.5. The molecule has 4 bridgehead atoms. The number of carbonyl (C=O) groups excluding carboxylic acids is 1. The SMILES string of the molecule is CC1CCOC(C2OC2C(C)(O)C(C)(CO)CCC2=CCNC(N)=C2)(C2CCC3(O)C4=CC(=O)C5C6C=CC78C=C(CCO)CC59C4C(CCc4ccccc4CC#CC(C4(CCC5(CCCC5)C4)C7)C89CC6O)CC23C)C1. The minimum atomic E-state index is -1.42. The molecule has 0 radical (unpaired) electrons. The van der Waals surface area contributed by atoms with E-state index in [4.69, 9.17) is 15.2 Å². The standard InChI is InChI=1S/C68H90N2O8/c1-42-21-31-77-66(34-42,58-57(78-58)61(4,75)59(2,41-72)24-16-43-19-29-70-54(69)32-43)52-18-26-68(76)49-33-50(73)56-48-17-25-64-35-44(20-30-71)36-65(56)55(49)47(37-60(52,68)3)15-14-46-11-6-5-10-45(46)12-9-13-53(67(64,65)38-51(48)74)63(40-64)28-27-62(39-63)22-7-8-23-62/h5-6,10-11,17,19,25,32-33,35,42,47-48,51-53,55-58,70-72,74-76H,7-8,12,14-16,18,20-24,26-31,34,36-41,69H2,1-4H3. The zero-order valence-corrected chi connectivity index (χ0v) is 47.3. The highest BCUT2D eigenvalue weighted by Gasteiger charge is 2.86. The van der Waals surface area contributed by atoms with Gasteiger partial charge in [0, 0.05) is 65.6 Å². The van der Waals surface area contributed by atoms with Gasteiger partial charge in [-0.05, 0) is 197 Å². The maximum atomic E-state index is 16.3. The Balaban J connectivity index is 0.929. The molecule has 10 nitrogen and oxygen atoms in total. The van der Waals surface area contributed by atoms with Crippen molar-refractivity contribution in [3.05, 3.63) is 94.4 Å². The first-order chi connectivity index (χ1) is 37.3. The van der Waals surface area contributed by atoms with E-state index in [0.29, 0.717) is 81.7 Å². The molecule has 2 saturated heterocycles. The van der Waals surface area contributed by atoms with Crippen molar-refractivity contribution < 1.29 is 39.8 Å². The molecule has 11 aliphatic carbocycles. The summed E-state index contributed by atoms with van der Waals surface area (Å²) in [7, 11) is 0. The van der Waals surface area contributed by atoms with Gasteiger partial charge in [0.2, 0.25) is 0 Å². The fraction of sp³-hybridized carbons (Fsp3) is 0.721. The fourth-order valence-electron chi connectivity index (χ4n) is 22.9. The van der Waals surface area contributed by atoms with E-state index in [-0.39, 0.29) is 54.0 Å². The molecule has 1 aromatic rings. The van der Waals surface area contributed by atoms with Gasteiger partial charge in [-0.25, -0.2) is 0 Å². The quantitative estimate of drug-likeness (QED) is 0.0679. The van der Waals surface area contributed by atoms with Crippen molar-refractivity contribution in [2.45, 2.75) is 198 Å². The van der Waals surface area contributed by atoms with Crippen LogP contribution in [0, 0.1) is 91.2 Å². The van der Waals surface area contributed by atoms with E-state index < -0.39 is 68.1 Å². The summed E-state index contributed by atoms with van der Waals surface area (Å²) in [6, 6.07) is 8.94. The van der Waals surface area contributed by atoms with E-state index in [2.05, 4.69) is 79.6 Å². The van der Waals surface area contributed by atoms with E-state index in [1.165, 1.54) is 48.8 Å². The Hall–Kier alpha value is -3.53. The molecule has 420 valence electrons. The third-order valence-electron chi connectivity index (χ3n) is 26.3. The molecule has 19 atom stereocenters. The lowest BCUT2D eigenvalue weighted by Gasteiger charge is -2.73. The number of nitrogens with one attached hydrogen (secondary N) is 1. The number of rotatable bonds is 10. The molecule has 1 aromatic carbocycles. The number of allylic oxidation sites excluding steroid dienone is 5. The summed E-state index contributed by atoms with van der Waals surface area (Å²) in [4.78, 5) is 16.3. The van der Waals surface area contributed by atoms with Crippen LogP contribution in [0.3, 0.4) is 0 Å². The van der Waals surface area contributed by atoms with Crippen LogP contribution in [0.2, 0.25) is 0 Å². The average Bonchev–Trinajstić information content (AvgIpc) is 1.55. The molecule has 0 aromatic heterocycles. The van der Waals surface area contributed by atoms with Crippen molar-refractivity contribution in [1.29, 1.82) is 0 Å². The first-order valence-corrected chi connectivity index (χ1v) is 31.1. The Bertz CT molecular complexity index is 2880. The summed E-state index contributed by atoms with van der Waals surface area (Å²) in [5.41, 5.74) is 5.17. The number of aliphatic hydroxyl groups is 5. The monoisotopic (exact) mass is 1060 g/mol. The first kappa shape index (κ1) is 52.5. The zero-order chi connectivity index (χ0) is 54.1. The number of benzene rings is 1. The minimum Gasteiger partial charge on any atom is -0.396 e. The summed E-state index contributed by atoms with van der Waals surface area (Å²) in [6.45, 7) is 9.49. The van der Waals surface area contributed by atoms with Gasteiger partial charge in [-0.3, -0.25) is 4.79 Å². The molecule has 8 N–H and O–H groups in total. The molecule has 78 heavy (non-hydrogen) atoms. The number of carbonyl (C=O) groups is 1. The molecule has 10 heteroatoms. The minimum absolute atomic E-state index is 0.0332. The van der Waals surface area contributed by atoms with Gasteiger partial charge in [-0.15, -0.1) is 0 Å². The number of epoxide rings is 1. The van der Waals surface area contributed by atoms with Gasteiger partial charge >= 0.3 is 0 Å². The summed E-state index contributed by atoms with van der Waals surface area (Å²) in [5.74, 6) is 7.98. The average molecular weight is 1060 g/mol. The van der Waals surface area contributed by atoms with Gasteiger partial charge in [-0.1, -0.05) is 99.6 Å². The van der Waals surface area contributed by atoms with Crippen molar-refractivity contribution in [2.75, 3.05) is 26.4 Å². The third-order valence-corrected chi connectivity index (χ3v) is 26.3. The van der Waals surface area contributed by atoms with Crippen LogP contribution in [-0.2, 0) is 27.1 Å². The van der Waals surface area contributed by atoms with Crippen LogP contribution in [0.25, 0.3) is 0 Å². The van der Waals surface area contributed by atoms with Gasteiger partial charge < -0.3 is 46.1 Å². The van der Waals surface area contributed by atoms with Crippen molar-refractivity contribution in [2.24, 2.45) is 85.1 Å². The van der Waals surface area contributed by atoms with Crippen LogP contribution in [0.4, 0.5) is 0 Å². The number of hydrogen-bond acceptors (Lipinski definition) is 10. The highest BCUT2D eigenvalue weighted by Crippen LogP contribution is 2.88. The number of hydrogen-bond donors (Lipinski definition) is 7. The Morgan fingerprint density at radius 1 is 0.949 bits per heavy atom. The Morgan fingerprint density at radius 2 is 1.76 bits per heavy atom. The van der Waals surface area contributed by atoms with E-state index >= 15 is 4.79 Å². The van der Waals surface area contributed by atoms with Crippen molar-refractivity contribution in [3.8, 4) is 11.8 Å². The molecule has 3 aliphatic heterocycles. The van der Waals surface area contributed by atoms with Gasteiger partial charge in [0.1, 0.15) is 17.8 Å². The Labute approximate surface area is 464 Å². The summed E-state index contributed by atoms with van der Waals surface area (Å²) >= 11 is 0. The van der Waals surface area contributed by atoms with Crippen molar-refractivity contribution >= 4 is 5.78 Å². The number of aliphatic hydroxyl groups excluding tert-OH is 3. The maximum Gasteiger partial charge on any atom is 0.160 e. The van der Waals surface area contributed by atoms with Crippen LogP contribution in [0.5, 0.6) is 0 Å². The van der Waals surface area contributed by atoms with Gasteiger partial charge in [0.15, 0.2) is 5.78 Å². The molecule has 8 fully saturated rings. The van der Waals surface area contributed by atoms with E-state index in [1.807, 2.05) is 26.0 Å². The molecule has 0 amide bonds. The second kappa shape index (κ2) is 17.7. The highest BCUT2D eigenvalue weighted by molar-refractivity contribution is 5.96.